The van der Waals surface area contributed by atoms with Gasteiger partial charge in [0.15, 0.2) is 0 Å². The number of carbonyl (C=O) groups excluding carboxylic acids is 3. The number of hydrogen-bond donors (Lipinski definition) is 1. The van der Waals surface area contributed by atoms with Crippen molar-refractivity contribution in [2.24, 2.45) is 5.92 Å². The second-order valence-electron chi connectivity index (χ2n) is 4.55. The molecule has 0 aliphatic carbocycles. The zero-order valence-electron chi connectivity index (χ0n) is 11.4. The molecule has 2 rings (SSSR count). The van der Waals surface area contributed by atoms with E-state index in [4.69, 9.17) is 0 Å². The van der Waals surface area contributed by atoms with Gasteiger partial charge in [-0.15, -0.1) is 0 Å². The molecule has 0 saturated carbocycles. The van der Waals surface area contributed by atoms with Crippen molar-refractivity contribution in [3.8, 4) is 0 Å². The number of benzene rings is 1. The van der Waals surface area contributed by atoms with Gasteiger partial charge in [-0.3, -0.25) is 14.4 Å². The Morgan fingerprint density at radius 2 is 1.95 bits per heavy atom. The van der Waals surface area contributed by atoms with Crippen LogP contribution < -0.4 is 10.2 Å². The molecule has 1 N–H and O–H groups in total. The SMILES string of the molecule is CNC(=O)c1ccc(N2CC(C(=O)OC)CC2=O)cc1. The number of esters is 1. The minimum absolute atomic E-state index is 0.118. The van der Waals surface area contributed by atoms with Crippen molar-refractivity contribution in [1.82, 2.24) is 5.32 Å². The van der Waals surface area contributed by atoms with Crippen molar-refractivity contribution in [3.05, 3.63) is 29.8 Å². The minimum Gasteiger partial charge on any atom is -0.469 e. The van der Waals surface area contributed by atoms with Crippen LogP contribution in [0.2, 0.25) is 0 Å². The van der Waals surface area contributed by atoms with Crippen LogP contribution in [0.1, 0.15) is 16.8 Å². The van der Waals surface area contributed by atoms with Gasteiger partial charge in [-0.2, -0.15) is 0 Å². The van der Waals surface area contributed by atoms with E-state index in [-0.39, 0.29) is 24.2 Å². The monoisotopic (exact) mass is 276 g/mol. The average Bonchev–Trinajstić information content (AvgIpc) is 2.87. The van der Waals surface area contributed by atoms with Crippen LogP contribution in [0.25, 0.3) is 0 Å². The van der Waals surface area contributed by atoms with Crippen LogP contribution >= 0.6 is 0 Å². The quantitative estimate of drug-likeness (QED) is 0.819. The number of amides is 2. The molecule has 0 bridgehead atoms. The summed E-state index contributed by atoms with van der Waals surface area (Å²) in [5.74, 6) is -1.10. The molecule has 1 aliphatic heterocycles. The van der Waals surface area contributed by atoms with Crippen molar-refractivity contribution in [1.29, 1.82) is 0 Å². The maximum absolute atomic E-state index is 11.9. The third kappa shape index (κ3) is 2.64. The second-order valence-corrected chi connectivity index (χ2v) is 4.55. The fraction of sp³-hybridized carbons (Fsp3) is 0.357. The fourth-order valence-electron chi connectivity index (χ4n) is 2.22. The lowest BCUT2D eigenvalue weighted by atomic mass is 10.1. The smallest absolute Gasteiger partial charge is 0.311 e. The highest BCUT2D eigenvalue weighted by molar-refractivity contribution is 6.00. The molecule has 106 valence electrons. The average molecular weight is 276 g/mol. The van der Waals surface area contributed by atoms with Gasteiger partial charge >= 0.3 is 5.97 Å². The first-order chi connectivity index (χ1) is 9.56. The van der Waals surface area contributed by atoms with Crippen LogP contribution in [-0.4, -0.2) is 38.5 Å². The molecule has 0 radical (unpaired) electrons. The molecule has 20 heavy (non-hydrogen) atoms. The summed E-state index contributed by atoms with van der Waals surface area (Å²) in [5.41, 5.74) is 1.20. The minimum atomic E-state index is -0.425. The molecule has 1 saturated heterocycles. The number of hydrogen-bond acceptors (Lipinski definition) is 4. The molecule has 0 spiro atoms. The van der Waals surface area contributed by atoms with E-state index >= 15 is 0 Å². The first-order valence-electron chi connectivity index (χ1n) is 6.27. The van der Waals surface area contributed by atoms with Gasteiger partial charge in [-0.05, 0) is 24.3 Å². The Balaban J connectivity index is 2.14. The highest BCUT2D eigenvalue weighted by atomic mass is 16.5. The van der Waals surface area contributed by atoms with E-state index in [2.05, 4.69) is 10.1 Å². The third-order valence-corrected chi connectivity index (χ3v) is 3.33. The number of rotatable bonds is 3. The van der Waals surface area contributed by atoms with E-state index in [0.29, 0.717) is 17.8 Å². The highest BCUT2D eigenvalue weighted by Crippen LogP contribution is 2.26. The molecule has 1 aromatic carbocycles. The summed E-state index contributed by atoms with van der Waals surface area (Å²) in [6.45, 7) is 0.310. The lowest BCUT2D eigenvalue weighted by Gasteiger charge is -2.16. The Kier molecular flexibility index (Phi) is 4.02. The zero-order valence-corrected chi connectivity index (χ0v) is 11.4. The molecule has 1 fully saturated rings. The van der Waals surface area contributed by atoms with Gasteiger partial charge < -0.3 is 15.0 Å². The molecule has 1 atom stereocenters. The largest absolute Gasteiger partial charge is 0.469 e. The summed E-state index contributed by atoms with van der Waals surface area (Å²) < 4.78 is 4.66. The van der Waals surface area contributed by atoms with E-state index in [1.165, 1.54) is 12.0 Å². The maximum Gasteiger partial charge on any atom is 0.311 e. The summed E-state index contributed by atoms with van der Waals surface area (Å²) in [6, 6.07) is 6.68. The van der Waals surface area contributed by atoms with Crippen molar-refractivity contribution in [3.63, 3.8) is 0 Å². The predicted molar refractivity (Wildman–Crippen MR) is 72.3 cm³/mol. The Hall–Kier alpha value is -2.37. The van der Waals surface area contributed by atoms with Crippen LogP contribution in [0.4, 0.5) is 5.69 Å². The van der Waals surface area contributed by atoms with Gasteiger partial charge in [0.25, 0.3) is 5.91 Å². The van der Waals surface area contributed by atoms with Crippen LogP contribution in [0, 0.1) is 5.92 Å². The molecule has 6 heteroatoms. The first kappa shape index (κ1) is 14.0. The van der Waals surface area contributed by atoms with E-state index in [9.17, 15) is 14.4 Å². The number of nitrogens with one attached hydrogen (secondary N) is 1. The van der Waals surface area contributed by atoms with Gasteiger partial charge in [-0.25, -0.2) is 0 Å². The molecule has 1 aliphatic rings. The van der Waals surface area contributed by atoms with Gasteiger partial charge in [0.1, 0.15) is 0 Å². The van der Waals surface area contributed by atoms with Crippen LogP contribution in [0.15, 0.2) is 24.3 Å². The second kappa shape index (κ2) is 5.73. The van der Waals surface area contributed by atoms with Crippen LogP contribution in [-0.2, 0) is 14.3 Å². The van der Waals surface area contributed by atoms with Gasteiger partial charge in [-0.1, -0.05) is 0 Å². The summed E-state index contributed by atoms with van der Waals surface area (Å²) in [7, 11) is 2.87. The predicted octanol–water partition coefficient (Wildman–Crippen LogP) is 0.572. The van der Waals surface area contributed by atoms with Crippen molar-refractivity contribution in [2.45, 2.75) is 6.42 Å². The number of carbonyl (C=O) groups is 3. The molecular weight excluding hydrogens is 260 g/mol. The van der Waals surface area contributed by atoms with Gasteiger partial charge in [0, 0.05) is 31.3 Å². The Labute approximate surface area is 116 Å². The summed E-state index contributed by atoms with van der Waals surface area (Å²) >= 11 is 0. The molecular formula is C14H16N2O4. The van der Waals surface area contributed by atoms with Crippen LogP contribution in [0.3, 0.4) is 0 Å². The zero-order chi connectivity index (χ0) is 14.7. The molecule has 1 unspecified atom stereocenters. The summed E-state index contributed by atoms with van der Waals surface area (Å²) in [4.78, 5) is 36.4. The summed E-state index contributed by atoms with van der Waals surface area (Å²) in [5, 5.41) is 2.53. The Morgan fingerprint density at radius 3 is 2.50 bits per heavy atom. The molecule has 1 heterocycles. The number of anilines is 1. The standard InChI is InChI=1S/C14H16N2O4/c1-15-13(18)9-3-5-11(6-4-9)16-8-10(7-12(16)17)14(19)20-2/h3-6,10H,7-8H2,1-2H3,(H,15,18). The van der Waals surface area contributed by atoms with Gasteiger partial charge in [0.2, 0.25) is 5.91 Å². The van der Waals surface area contributed by atoms with E-state index < -0.39 is 5.92 Å². The number of methoxy groups -OCH3 is 1. The Morgan fingerprint density at radius 1 is 1.30 bits per heavy atom. The molecule has 6 nitrogen and oxygen atoms in total. The molecule has 2 amide bonds. The third-order valence-electron chi connectivity index (χ3n) is 3.33. The lowest BCUT2D eigenvalue weighted by Crippen LogP contribution is -2.26. The molecule has 0 aromatic heterocycles. The van der Waals surface area contributed by atoms with E-state index in [1.54, 1.807) is 31.3 Å². The van der Waals surface area contributed by atoms with E-state index in [1.807, 2.05) is 0 Å². The van der Waals surface area contributed by atoms with Crippen molar-refractivity contribution >= 4 is 23.5 Å². The number of ether oxygens (including phenoxy) is 1. The summed E-state index contributed by atoms with van der Waals surface area (Å²) in [6.07, 6.45) is 0.157. The lowest BCUT2D eigenvalue weighted by molar-refractivity contribution is -0.145. The van der Waals surface area contributed by atoms with Crippen molar-refractivity contribution < 1.29 is 19.1 Å². The topological polar surface area (TPSA) is 75.7 Å². The Bertz CT molecular complexity index is 539. The first-order valence-corrected chi connectivity index (χ1v) is 6.27. The van der Waals surface area contributed by atoms with Gasteiger partial charge in [0.05, 0.1) is 13.0 Å². The van der Waals surface area contributed by atoms with Crippen molar-refractivity contribution in [2.75, 3.05) is 25.6 Å². The normalized spacial score (nSPS) is 18.0. The maximum atomic E-state index is 11.9. The highest BCUT2D eigenvalue weighted by Gasteiger charge is 2.35. The van der Waals surface area contributed by atoms with E-state index in [0.717, 1.165) is 0 Å². The van der Waals surface area contributed by atoms with Crippen LogP contribution in [0.5, 0.6) is 0 Å². The number of nitrogens with zero attached hydrogens (tertiary/aromatic N) is 1. The fourth-order valence-corrected chi connectivity index (χ4v) is 2.22. The molecule has 1 aromatic rings.